The van der Waals surface area contributed by atoms with Gasteiger partial charge in [0.05, 0.1) is 26.9 Å². The van der Waals surface area contributed by atoms with E-state index < -0.39 is 17.8 Å². The summed E-state index contributed by atoms with van der Waals surface area (Å²) in [6, 6.07) is 3.73. The molecule has 2 N–H and O–H groups in total. The molecule has 0 radical (unpaired) electrons. The van der Waals surface area contributed by atoms with Crippen LogP contribution in [-0.4, -0.2) is 33.4 Å². The molecule has 1 rings (SSSR count). The van der Waals surface area contributed by atoms with Crippen LogP contribution in [0.15, 0.2) is 18.2 Å². The number of nitrogens with two attached hydrogens (primary N) is 1. The first-order valence-electron chi connectivity index (χ1n) is 5.32. The van der Waals surface area contributed by atoms with Crippen LogP contribution in [0, 0.1) is 5.82 Å². The van der Waals surface area contributed by atoms with Gasteiger partial charge in [-0.05, 0) is 6.07 Å². The minimum Gasteiger partial charge on any atom is -0.497 e. The highest BCUT2D eigenvalue weighted by Gasteiger charge is 2.13. The first kappa shape index (κ1) is 14.4. The predicted molar refractivity (Wildman–Crippen MR) is 62.7 cm³/mol. The first-order valence-corrected chi connectivity index (χ1v) is 5.32. The molecule has 0 saturated carbocycles. The Morgan fingerprint density at radius 1 is 1.44 bits per heavy atom. The number of halogens is 1. The van der Waals surface area contributed by atoms with Gasteiger partial charge in [0.25, 0.3) is 0 Å². The largest absolute Gasteiger partial charge is 0.497 e. The summed E-state index contributed by atoms with van der Waals surface area (Å²) < 4.78 is 27.9. The average molecular weight is 257 g/mol. The highest BCUT2D eigenvalue weighted by molar-refractivity contribution is 5.70. The number of carbonyl (C=O) groups excluding carboxylic acids is 1. The summed E-state index contributed by atoms with van der Waals surface area (Å²) in [6.07, 6.45) is 0. The summed E-state index contributed by atoms with van der Waals surface area (Å²) in [5.74, 6) is -0.556. The minimum absolute atomic E-state index is 0.0261. The standard InChI is InChI=1S/C12H16FNO4/c1-16-8-3-4-9(10(13)5-8)11(14)6-18-7-12(15)17-2/h3-5,11H,6-7,14H2,1-2H3. The van der Waals surface area contributed by atoms with Crippen molar-refractivity contribution in [3.63, 3.8) is 0 Å². The van der Waals surface area contributed by atoms with Gasteiger partial charge in [-0.2, -0.15) is 0 Å². The molecule has 1 aromatic carbocycles. The monoisotopic (exact) mass is 257 g/mol. The normalized spacial score (nSPS) is 12.0. The molecule has 1 atom stereocenters. The molecule has 1 unspecified atom stereocenters. The zero-order valence-electron chi connectivity index (χ0n) is 10.3. The number of methoxy groups -OCH3 is 2. The Bertz CT molecular complexity index is 411. The third-order valence-corrected chi connectivity index (χ3v) is 2.35. The zero-order valence-corrected chi connectivity index (χ0v) is 10.3. The number of rotatable bonds is 6. The zero-order chi connectivity index (χ0) is 13.5. The van der Waals surface area contributed by atoms with Gasteiger partial charge in [0.1, 0.15) is 18.2 Å². The van der Waals surface area contributed by atoms with E-state index in [1.165, 1.54) is 26.4 Å². The Hall–Kier alpha value is -1.66. The third-order valence-electron chi connectivity index (χ3n) is 2.35. The van der Waals surface area contributed by atoms with Gasteiger partial charge in [0.2, 0.25) is 0 Å². The molecule has 0 aromatic heterocycles. The molecule has 18 heavy (non-hydrogen) atoms. The highest BCUT2D eigenvalue weighted by Crippen LogP contribution is 2.20. The molecule has 0 aliphatic rings. The summed E-state index contributed by atoms with van der Waals surface area (Å²) in [4.78, 5) is 10.8. The van der Waals surface area contributed by atoms with Gasteiger partial charge in [-0.3, -0.25) is 0 Å². The smallest absolute Gasteiger partial charge is 0.331 e. The van der Waals surface area contributed by atoms with Crippen LogP contribution in [0.5, 0.6) is 5.75 Å². The van der Waals surface area contributed by atoms with E-state index in [-0.39, 0.29) is 13.2 Å². The maximum Gasteiger partial charge on any atom is 0.331 e. The molecule has 1 aromatic rings. The van der Waals surface area contributed by atoms with Crippen molar-refractivity contribution in [3.8, 4) is 5.75 Å². The van der Waals surface area contributed by atoms with Crippen LogP contribution in [0.25, 0.3) is 0 Å². The van der Waals surface area contributed by atoms with E-state index in [2.05, 4.69) is 4.74 Å². The van der Waals surface area contributed by atoms with Gasteiger partial charge < -0.3 is 19.9 Å². The van der Waals surface area contributed by atoms with Crippen molar-refractivity contribution < 1.29 is 23.4 Å². The molecule has 0 saturated heterocycles. The Morgan fingerprint density at radius 2 is 2.17 bits per heavy atom. The van der Waals surface area contributed by atoms with Crippen LogP contribution in [0.1, 0.15) is 11.6 Å². The van der Waals surface area contributed by atoms with Crippen molar-refractivity contribution in [1.29, 1.82) is 0 Å². The molecule has 100 valence electrons. The van der Waals surface area contributed by atoms with E-state index >= 15 is 0 Å². The van der Waals surface area contributed by atoms with Crippen molar-refractivity contribution >= 4 is 5.97 Å². The van der Waals surface area contributed by atoms with Crippen LogP contribution in [0.3, 0.4) is 0 Å². The average Bonchev–Trinajstić information content (AvgIpc) is 2.37. The maximum absolute atomic E-state index is 13.6. The van der Waals surface area contributed by atoms with Crippen LogP contribution < -0.4 is 10.5 Å². The van der Waals surface area contributed by atoms with Crippen LogP contribution >= 0.6 is 0 Å². The fourth-order valence-electron chi connectivity index (χ4n) is 1.35. The van der Waals surface area contributed by atoms with Crippen molar-refractivity contribution in [1.82, 2.24) is 0 Å². The molecule has 0 heterocycles. The van der Waals surface area contributed by atoms with Gasteiger partial charge >= 0.3 is 5.97 Å². The highest BCUT2D eigenvalue weighted by atomic mass is 19.1. The second kappa shape index (κ2) is 6.93. The molecule has 0 fully saturated rings. The third kappa shape index (κ3) is 3.97. The lowest BCUT2D eigenvalue weighted by Crippen LogP contribution is -2.21. The second-order valence-corrected chi connectivity index (χ2v) is 3.59. The number of hydrogen-bond acceptors (Lipinski definition) is 5. The van der Waals surface area contributed by atoms with E-state index in [1.807, 2.05) is 0 Å². The van der Waals surface area contributed by atoms with Crippen molar-refractivity contribution in [2.45, 2.75) is 6.04 Å². The van der Waals surface area contributed by atoms with Crippen LogP contribution in [0.2, 0.25) is 0 Å². The van der Waals surface area contributed by atoms with E-state index in [0.717, 1.165) is 0 Å². The van der Waals surface area contributed by atoms with Crippen molar-refractivity contribution in [2.75, 3.05) is 27.4 Å². The van der Waals surface area contributed by atoms with E-state index in [0.29, 0.717) is 11.3 Å². The molecule has 6 heteroatoms. The molecule has 0 aliphatic heterocycles. The van der Waals surface area contributed by atoms with Gasteiger partial charge in [0, 0.05) is 11.6 Å². The second-order valence-electron chi connectivity index (χ2n) is 3.59. The quantitative estimate of drug-likeness (QED) is 0.770. The predicted octanol–water partition coefficient (Wildman–Crippen LogP) is 1.02. The molecular formula is C12H16FNO4. The number of benzene rings is 1. The van der Waals surface area contributed by atoms with Crippen molar-refractivity contribution in [3.05, 3.63) is 29.6 Å². The number of carbonyl (C=O) groups is 1. The summed E-state index contributed by atoms with van der Waals surface area (Å²) in [5.41, 5.74) is 6.06. The van der Waals surface area contributed by atoms with E-state index in [1.54, 1.807) is 6.07 Å². The molecule has 0 aliphatic carbocycles. The maximum atomic E-state index is 13.6. The van der Waals surface area contributed by atoms with Crippen LogP contribution in [-0.2, 0) is 14.3 Å². The fourth-order valence-corrected chi connectivity index (χ4v) is 1.35. The van der Waals surface area contributed by atoms with Gasteiger partial charge in [-0.1, -0.05) is 6.07 Å². The van der Waals surface area contributed by atoms with Gasteiger partial charge in [0.15, 0.2) is 0 Å². The summed E-state index contributed by atoms with van der Waals surface area (Å²) >= 11 is 0. The first-order chi connectivity index (χ1) is 8.58. The van der Waals surface area contributed by atoms with E-state index in [4.69, 9.17) is 15.2 Å². The number of hydrogen-bond donors (Lipinski definition) is 1. The fraction of sp³-hybridized carbons (Fsp3) is 0.417. The van der Waals surface area contributed by atoms with Gasteiger partial charge in [-0.25, -0.2) is 9.18 Å². The summed E-state index contributed by atoms with van der Waals surface area (Å²) in [5, 5.41) is 0. The molecule has 5 nitrogen and oxygen atoms in total. The molecule has 0 bridgehead atoms. The number of esters is 1. The topological polar surface area (TPSA) is 70.8 Å². The van der Waals surface area contributed by atoms with Gasteiger partial charge in [-0.15, -0.1) is 0 Å². The lowest BCUT2D eigenvalue weighted by molar-refractivity contribution is -0.146. The SMILES string of the molecule is COC(=O)COCC(N)c1ccc(OC)cc1F. The molecule has 0 spiro atoms. The number of ether oxygens (including phenoxy) is 3. The van der Waals surface area contributed by atoms with Crippen molar-refractivity contribution in [2.24, 2.45) is 5.73 Å². The lowest BCUT2D eigenvalue weighted by Gasteiger charge is -2.13. The Morgan fingerprint density at radius 3 is 2.72 bits per heavy atom. The van der Waals surface area contributed by atoms with Crippen LogP contribution in [0.4, 0.5) is 4.39 Å². The lowest BCUT2D eigenvalue weighted by atomic mass is 10.1. The Balaban J connectivity index is 2.56. The molecular weight excluding hydrogens is 241 g/mol. The van der Waals surface area contributed by atoms with E-state index in [9.17, 15) is 9.18 Å². The summed E-state index contributed by atoms with van der Waals surface area (Å²) in [6.45, 7) is -0.180. The Labute approximate surface area is 105 Å². The minimum atomic E-state index is -0.652. The summed E-state index contributed by atoms with van der Waals surface area (Å²) in [7, 11) is 2.71. The molecule has 0 amide bonds. The Kier molecular flexibility index (Phi) is 5.54.